The summed E-state index contributed by atoms with van der Waals surface area (Å²) in [5.41, 5.74) is 1.83. The Morgan fingerprint density at radius 2 is 1.88 bits per heavy atom. The second kappa shape index (κ2) is 4.03. The summed E-state index contributed by atoms with van der Waals surface area (Å²) in [4.78, 5) is 0. The third-order valence-corrected chi connectivity index (χ3v) is 4.34. The van der Waals surface area contributed by atoms with Crippen LogP contribution in [0.15, 0.2) is 42.0 Å². The summed E-state index contributed by atoms with van der Waals surface area (Å²) in [6, 6.07) is 0. The van der Waals surface area contributed by atoms with Gasteiger partial charge in [-0.25, -0.2) is 0 Å². The molecular formula is C16H19+. The minimum atomic E-state index is 0.432. The molecule has 82 valence electrons. The summed E-state index contributed by atoms with van der Waals surface area (Å²) in [5.74, 6) is 0.598. The first-order valence-electron chi connectivity index (χ1n) is 6.57. The molecule has 0 aliphatic heterocycles. The van der Waals surface area contributed by atoms with Gasteiger partial charge in [0.2, 0.25) is 0 Å². The average molecular weight is 211 g/mol. The maximum atomic E-state index is 3.42. The quantitative estimate of drug-likeness (QED) is 0.522. The molecule has 0 heterocycles. The van der Waals surface area contributed by atoms with Gasteiger partial charge in [-0.05, 0) is 25.0 Å². The molecule has 0 aromatic rings. The first kappa shape index (κ1) is 10.1. The summed E-state index contributed by atoms with van der Waals surface area (Å²) in [7, 11) is 0. The highest BCUT2D eigenvalue weighted by Gasteiger charge is 2.44. The van der Waals surface area contributed by atoms with Crippen molar-refractivity contribution < 1.29 is 0 Å². The molecule has 3 aliphatic rings. The van der Waals surface area contributed by atoms with Crippen LogP contribution >= 0.6 is 0 Å². The van der Waals surface area contributed by atoms with E-state index in [9.17, 15) is 0 Å². The zero-order valence-electron chi connectivity index (χ0n) is 9.78. The minimum Gasteiger partial charge on any atom is -0.0597 e. The van der Waals surface area contributed by atoms with Crippen molar-refractivity contribution in [3.8, 4) is 0 Å². The zero-order valence-corrected chi connectivity index (χ0v) is 9.78. The largest absolute Gasteiger partial charge is 0.122 e. The Bertz CT molecular complexity index is 371. The van der Waals surface area contributed by atoms with E-state index in [1.807, 2.05) is 6.08 Å². The molecular weight excluding hydrogens is 192 g/mol. The summed E-state index contributed by atoms with van der Waals surface area (Å²) >= 11 is 0. The SMILES string of the molecule is [C+]1=C2C=CC3(CCCCCC3)C2C=CC=C1. The highest BCUT2D eigenvalue weighted by molar-refractivity contribution is 5.40. The van der Waals surface area contributed by atoms with Gasteiger partial charge in [-0.1, -0.05) is 31.8 Å². The molecule has 0 amide bonds. The molecule has 1 saturated carbocycles. The molecule has 1 unspecified atom stereocenters. The van der Waals surface area contributed by atoms with E-state index in [1.165, 1.54) is 44.1 Å². The Labute approximate surface area is 98.4 Å². The van der Waals surface area contributed by atoms with Gasteiger partial charge in [0, 0.05) is 29.6 Å². The summed E-state index contributed by atoms with van der Waals surface area (Å²) in [6.45, 7) is 0. The van der Waals surface area contributed by atoms with Gasteiger partial charge < -0.3 is 0 Å². The second-order valence-electron chi connectivity index (χ2n) is 5.30. The Morgan fingerprint density at radius 1 is 1.06 bits per heavy atom. The van der Waals surface area contributed by atoms with Gasteiger partial charge in [0.05, 0.1) is 0 Å². The van der Waals surface area contributed by atoms with Crippen LogP contribution in [0, 0.1) is 17.4 Å². The molecule has 1 atom stereocenters. The van der Waals surface area contributed by atoms with Crippen molar-refractivity contribution in [1.29, 1.82) is 0 Å². The molecule has 0 nitrogen and oxygen atoms in total. The number of allylic oxidation sites excluding steroid dienone is 8. The predicted octanol–water partition coefficient (Wildman–Crippen LogP) is 4.37. The third-order valence-electron chi connectivity index (χ3n) is 4.34. The first-order chi connectivity index (χ1) is 7.91. The van der Waals surface area contributed by atoms with Crippen molar-refractivity contribution in [2.45, 2.75) is 38.5 Å². The lowest BCUT2D eigenvalue weighted by atomic mass is 9.71. The Balaban J connectivity index is 1.94. The van der Waals surface area contributed by atoms with Crippen LogP contribution in [0.3, 0.4) is 0 Å². The maximum absolute atomic E-state index is 3.42. The smallest absolute Gasteiger partial charge is 0.0597 e. The molecule has 3 rings (SSSR count). The van der Waals surface area contributed by atoms with Crippen molar-refractivity contribution in [1.82, 2.24) is 0 Å². The van der Waals surface area contributed by atoms with E-state index in [0.29, 0.717) is 11.3 Å². The van der Waals surface area contributed by atoms with Gasteiger partial charge in [-0.3, -0.25) is 0 Å². The van der Waals surface area contributed by atoms with Crippen molar-refractivity contribution in [3.63, 3.8) is 0 Å². The highest BCUT2D eigenvalue weighted by atomic mass is 14.4. The van der Waals surface area contributed by atoms with E-state index in [1.54, 1.807) is 0 Å². The topological polar surface area (TPSA) is 0 Å². The van der Waals surface area contributed by atoms with Crippen molar-refractivity contribution in [2.24, 2.45) is 11.3 Å². The van der Waals surface area contributed by atoms with Crippen molar-refractivity contribution in [2.75, 3.05) is 0 Å². The summed E-state index contributed by atoms with van der Waals surface area (Å²) in [6.07, 6.45) is 25.3. The zero-order chi connectivity index (χ0) is 10.8. The van der Waals surface area contributed by atoms with E-state index in [0.717, 1.165) is 0 Å². The highest BCUT2D eigenvalue weighted by Crippen LogP contribution is 2.50. The van der Waals surface area contributed by atoms with Gasteiger partial charge in [-0.15, -0.1) is 0 Å². The molecule has 0 N–H and O–H groups in total. The van der Waals surface area contributed by atoms with Crippen LogP contribution in [0.5, 0.6) is 0 Å². The molecule has 0 aromatic heterocycles. The molecule has 3 aliphatic carbocycles. The molecule has 0 aromatic carbocycles. The van der Waals surface area contributed by atoms with Crippen LogP contribution in [0.2, 0.25) is 0 Å². The maximum Gasteiger partial charge on any atom is 0.122 e. The minimum absolute atomic E-state index is 0.432. The number of hydrogen-bond acceptors (Lipinski definition) is 0. The van der Waals surface area contributed by atoms with Crippen molar-refractivity contribution in [3.05, 3.63) is 48.1 Å². The fourth-order valence-electron chi connectivity index (χ4n) is 3.45. The van der Waals surface area contributed by atoms with Gasteiger partial charge in [0.25, 0.3) is 0 Å². The van der Waals surface area contributed by atoms with E-state index >= 15 is 0 Å². The Kier molecular flexibility index (Phi) is 2.53. The van der Waals surface area contributed by atoms with Gasteiger partial charge >= 0.3 is 0 Å². The fourth-order valence-corrected chi connectivity index (χ4v) is 3.45. The molecule has 0 bridgehead atoms. The molecule has 0 radical (unpaired) electrons. The lowest BCUT2D eigenvalue weighted by Gasteiger charge is -2.30. The number of rotatable bonds is 0. The third kappa shape index (κ3) is 1.58. The molecule has 0 heteroatoms. The summed E-state index contributed by atoms with van der Waals surface area (Å²) < 4.78 is 0. The monoisotopic (exact) mass is 211 g/mol. The Morgan fingerprint density at radius 3 is 2.69 bits per heavy atom. The van der Waals surface area contributed by atoms with Gasteiger partial charge in [0.1, 0.15) is 11.6 Å². The second-order valence-corrected chi connectivity index (χ2v) is 5.30. The van der Waals surface area contributed by atoms with Gasteiger partial charge in [-0.2, -0.15) is 0 Å². The normalized spacial score (nSPS) is 30.5. The van der Waals surface area contributed by atoms with E-state index < -0.39 is 0 Å². The number of hydrogen-bond donors (Lipinski definition) is 0. The number of fused-ring (bicyclic) bond motifs is 2. The molecule has 16 heavy (non-hydrogen) atoms. The van der Waals surface area contributed by atoms with Crippen LogP contribution in [0.4, 0.5) is 0 Å². The van der Waals surface area contributed by atoms with Crippen LogP contribution in [-0.4, -0.2) is 0 Å². The van der Waals surface area contributed by atoms with Gasteiger partial charge in [0.15, 0.2) is 0 Å². The lowest BCUT2D eigenvalue weighted by molar-refractivity contribution is 0.281. The van der Waals surface area contributed by atoms with E-state index in [4.69, 9.17) is 0 Å². The first-order valence-corrected chi connectivity index (χ1v) is 6.57. The molecule has 1 spiro atoms. The van der Waals surface area contributed by atoms with Crippen molar-refractivity contribution >= 4 is 0 Å². The average Bonchev–Trinajstić information content (AvgIpc) is 2.55. The van der Waals surface area contributed by atoms with Crippen LogP contribution in [-0.2, 0) is 0 Å². The van der Waals surface area contributed by atoms with E-state index in [-0.39, 0.29) is 0 Å². The van der Waals surface area contributed by atoms with Crippen LogP contribution < -0.4 is 0 Å². The van der Waals surface area contributed by atoms with Crippen LogP contribution in [0.25, 0.3) is 0 Å². The Hall–Kier alpha value is -1.13. The standard InChI is InChI=1S/C16H19/c1-2-7-12-16(11-6-1)13-10-14-8-4-3-5-9-15(14)16/h3-5,9-10,13,15H,1-2,6-7,11-12H2/q+1. The molecule has 1 fully saturated rings. The van der Waals surface area contributed by atoms with E-state index in [2.05, 4.69) is 36.5 Å². The lowest BCUT2D eigenvalue weighted by Crippen LogP contribution is -2.24. The summed E-state index contributed by atoms with van der Waals surface area (Å²) in [5, 5.41) is 0. The molecule has 0 saturated heterocycles. The fraction of sp³-hybridized carbons (Fsp3) is 0.500. The predicted molar refractivity (Wildman–Crippen MR) is 67.8 cm³/mol. The van der Waals surface area contributed by atoms with Crippen LogP contribution in [0.1, 0.15) is 38.5 Å².